The van der Waals surface area contributed by atoms with Gasteiger partial charge in [0.05, 0.1) is 11.5 Å². The number of imide groups is 1. The SMILES string of the molecule is O=C1CCC(=O)N1CCCCOS(=O)(=O)c1ccccc1. The van der Waals surface area contributed by atoms with E-state index in [9.17, 15) is 18.0 Å². The maximum Gasteiger partial charge on any atom is 0.296 e. The van der Waals surface area contributed by atoms with E-state index in [2.05, 4.69) is 0 Å². The van der Waals surface area contributed by atoms with E-state index in [0.717, 1.165) is 0 Å². The van der Waals surface area contributed by atoms with Crippen molar-refractivity contribution < 1.29 is 22.2 Å². The van der Waals surface area contributed by atoms with Gasteiger partial charge in [0.1, 0.15) is 0 Å². The van der Waals surface area contributed by atoms with Crippen LogP contribution >= 0.6 is 0 Å². The second-order valence-corrected chi connectivity index (χ2v) is 6.35. The Morgan fingerprint density at radius 2 is 1.62 bits per heavy atom. The van der Waals surface area contributed by atoms with Crippen molar-refractivity contribution in [3.8, 4) is 0 Å². The summed E-state index contributed by atoms with van der Waals surface area (Å²) in [5, 5.41) is 0. The Morgan fingerprint density at radius 3 is 2.24 bits per heavy atom. The van der Waals surface area contributed by atoms with E-state index in [1.807, 2.05) is 0 Å². The molecule has 1 fully saturated rings. The fourth-order valence-electron chi connectivity index (χ4n) is 2.07. The third-order valence-electron chi connectivity index (χ3n) is 3.20. The van der Waals surface area contributed by atoms with E-state index in [1.54, 1.807) is 18.2 Å². The molecule has 2 rings (SSSR count). The van der Waals surface area contributed by atoms with Crippen molar-refractivity contribution in [2.75, 3.05) is 13.2 Å². The summed E-state index contributed by atoms with van der Waals surface area (Å²) in [6.07, 6.45) is 1.54. The van der Waals surface area contributed by atoms with Crippen molar-refractivity contribution >= 4 is 21.9 Å². The zero-order chi connectivity index (χ0) is 15.3. The minimum Gasteiger partial charge on any atom is -0.283 e. The molecular formula is C14H17NO5S. The topological polar surface area (TPSA) is 80.8 Å². The van der Waals surface area contributed by atoms with Crippen LogP contribution in [0.3, 0.4) is 0 Å². The summed E-state index contributed by atoms with van der Waals surface area (Å²) >= 11 is 0. The molecule has 0 saturated carbocycles. The van der Waals surface area contributed by atoms with Crippen molar-refractivity contribution in [1.29, 1.82) is 0 Å². The lowest BCUT2D eigenvalue weighted by atomic mass is 10.3. The molecule has 1 aliphatic rings. The van der Waals surface area contributed by atoms with Crippen LogP contribution in [0, 0.1) is 0 Å². The molecule has 114 valence electrons. The molecule has 0 aliphatic carbocycles. The Hall–Kier alpha value is -1.73. The van der Waals surface area contributed by atoms with Crippen molar-refractivity contribution in [2.24, 2.45) is 0 Å². The average molecular weight is 311 g/mol. The van der Waals surface area contributed by atoms with Gasteiger partial charge in [-0.15, -0.1) is 0 Å². The maximum absolute atomic E-state index is 11.8. The number of benzene rings is 1. The highest BCUT2D eigenvalue weighted by Gasteiger charge is 2.27. The summed E-state index contributed by atoms with van der Waals surface area (Å²) in [6, 6.07) is 7.92. The highest BCUT2D eigenvalue weighted by atomic mass is 32.2. The number of nitrogens with zero attached hydrogens (tertiary/aromatic N) is 1. The maximum atomic E-state index is 11.8. The molecule has 1 aromatic rings. The Morgan fingerprint density at radius 1 is 1.00 bits per heavy atom. The monoisotopic (exact) mass is 311 g/mol. The predicted molar refractivity (Wildman–Crippen MR) is 74.8 cm³/mol. The van der Waals surface area contributed by atoms with Crippen molar-refractivity contribution in [2.45, 2.75) is 30.6 Å². The molecule has 7 heteroatoms. The molecule has 21 heavy (non-hydrogen) atoms. The highest BCUT2D eigenvalue weighted by Crippen LogP contribution is 2.14. The van der Waals surface area contributed by atoms with Crippen molar-refractivity contribution in [3.63, 3.8) is 0 Å². The number of carbonyl (C=O) groups is 2. The molecular weight excluding hydrogens is 294 g/mol. The third-order valence-corrected chi connectivity index (χ3v) is 4.53. The number of hydrogen-bond acceptors (Lipinski definition) is 5. The summed E-state index contributed by atoms with van der Waals surface area (Å²) in [5.41, 5.74) is 0. The Labute approximate surface area is 123 Å². The molecule has 1 heterocycles. The van der Waals surface area contributed by atoms with E-state index >= 15 is 0 Å². The largest absolute Gasteiger partial charge is 0.296 e. The van der Waals surface area contributed by atoms with Crippen LogP contribution in [0.15, 0.2) is 35.2 Å². The zero-order valence-corrected chi connectivity index (χ0v) is 12.3. The first-order valence-corrected chi connectivity index (χ1v) is 8.19. The summed E-state index contributed by atoms with van der Waals surface area (Å²) in [7, 11) is -3.73. The molecule has 1 aliphatic heterocycles. The third kappa shape index (κ3) is 4.12. The molecule has 1 saturated heterocycles. The van der Waals surface area contributed by atoms with Gasteiger partial charge in [-0.25, -0.2) is 0 Å². The Balaban J connectivity index is 1.73. The number of hydrogen-bond donors (Lipinski definition) is 0. The van der Waals surface area contributed by atoms with Gasteiger partial charge >= 0.3 is 0 Å². The second-order valence-electron chi connectivity index (χ2n) is 4.74. The smallest absolute Gasteiger partial charge is 0.283 e. The van der Waals surface area contributed by atoms with E-state index in [-0.39, 0.29) is 36.2 Å². The molecule has 0 N–H and O–H groups in total. The van der Waals surface area contributed by atoms with Gasteiger partial charge in [-0.05, 0) is 25.0 Å². The first-order valence-electron chi connectivity index (χ1n) is 6.78. The van der Waals surface area contributed by atoms with Gasteiger partial charge in [0.2, 0.25) is 11.8 Å². The van der Waals surface area contributed by atoms with Gasteiger partial charge in [0.15, 0.2) is 0 Å². The van der Waals surface area contributed by atoms with Crippen molar-refractivity contribution in [1.82, 2.24) is 4.90 Å². The summed E-state index contributed by atoms with van der Waals surface area (Å²) in [4.78, 5) is 24.1. The first kappa shape index (κ1) is 15.7. The fourth-order valence-corrected chi connectivity index (χ4v) is 3.03. The summed E-state index contributed by atoms with van der Waals surface area (Å²) in [5.74, 6) is -0.310. The van der Waals surface area contributed by atoms with Gasteiger partial charge in [-0.1, -0.05) is 18.2 Å². The molecule has 1 aromatic carbocycles. The molecule has 0 atom stereocenters. The molecule has 0 unspecified atom stereocenters. The van der Waals surface area contributed by atoms with Gasteiger partial charge < -0.3 is 0 Å². The highest BCUT2D eigenvalue weighted by molar-refractivity contribution is 7.86. The van der Waals surface area contributed by atoms with Crippen LogP contribution in [-0.2, 0) is 23.9 Å². The van der Waals surface area contributed by atoms with E-state index in [1.165, 1.54) is 17.0 Å². The van der Waals surface area contributed by atoms with Gasteiger partial charge in [-0.2, -0.15) is 8.42 Å². The van der Waals surface area contributed by atoms with Crippen LogP contribution in [-0.4, -0.2) is 38.3 Å². The predicted octanol–water partition coefficient (Wildman–Crippen LogP) is 1.32. The lowest BCUT2D eigenvalue weighted by Crippen LogP contribution is -2.30. The van der Waals surface area contributed by atoms with Crippen LogP contribution in [0.1, 0.15) is 25.7 Å². The minimum atomic E-state index is -3.73. The first-order chi connectivity index (χ1) is 10.0. The van der Waals surface area contributed by atoms with Gasteiger partial charge in [-0.3, -0.25) is 18.7 Å². The normalized spacial score (nSPS) is 15.7. The number of unbranched alkanes of at least 4 members (excludes halogenated alkanes) is 1. The molecule has 0 spiro atoms. The fraction of sp³-hybridized carbons (Fsp3) is 0.429. The zero-order valence-electron chi connectivity index (χ0n) is 11.5. The Kier molecular flexibility index (Phi) is 5.08. The van der Waals surface area contributed by atoms with Crippen LogP contribution in [0.4, 0.5) is 0 Å². The van der Waals surface area contributed by atoms with Gasteiger partial charge in [0, 0.05) is 19.4 Å². The lowest BCUT2D eigenvalue weighted by molar-refractivity contribution is -0.138. The van der Waals surface area contributed by atoms with E-state index in [0.29, 0.717) is 19.4 Å². The number of likely N-dealkylation sites (tertiary alicyclic amines) is 1. The Bertz CT molecular complexity index is 596. The van der Waals surface area contributed by atoms with Gasteiger partial charge in [0.25, 0.3) is 10.1 Å². The van der Waals surface area contributed by atoms with Crippen LogP contribution in [0.2, 0.25) is 0 Å². The minimum absolute atomic E-state index is 0.0352. The molecule has 0 aromatic heterocycles. The summed E-state index contributed by atoms with van der Waals surface area (Å²) in [6.45, 7) is 0.361. The molecule has 0 radical (unpaired) electrons. The quantitative estimate of drug-likeness (QED) is 0.431. The number of carbonyl (C=O) groups excluding carboxylic acids is 2. The molecule has 6 nitrogen and oxygen atoms in total. The number of amides is 2. The molecule has 2 amide bonds. The van der Waals surface area contributed by atoms with Crippen LogP contribution < -0.4 is 0 Å². The lowest BCUT2D eigenvalue weighted by Gasteiger charge is -2.13. The number of rotatable bonds is 7. The average Bonchev–Trinajstić information content (AvgIpc) is 2.79. The van der Waals surface area contributed by atoms with Crippen LogP contribution in [0.5, 0.6) is 0 Å². The van der Waals surface area contributed by atoms with E-state index in [4.69, 9.17) is 4.18 Å². The molecule has 0 bridgehead atoms. The van der Waals surface area contributed by atoms with Crippen molar-refractivity contribution in [3.05, 3.63) is 30.3 Å². The second kappa shape index (κ2) is 6.82. The standard InChI is InChI=1S/C14H17NO5S/c16-13-8-9-14(17)15(13)10-4-5-11-20-21(18,19)12-6-2-1-3-7-12/h1-3,6-7H,4-5,8-11H2. The van der Waals surface area contributed by atoms with Crippen LogP contribution in [0.25, 0.3) is 0 Å². The van der Waals surface area contributed by atoms with E-state index < -0.39 is 10.1 Å². The summed E-state index contributed by atoms with van der Waals surface area (Å²) < 4.78 is 28.5.